The Morgan fingerprint density at radius 3 is 2.39 bits per heavy atom. The molecule has 2 aromatic rings. The third kappa shape index (κ3) is 2.83. The van der Waals surface area contributed by atoms with Crippen molar-refractivity contribution in [2.75, 3.05) is 21.3 Å². The number of esters is 1. The fourth-order valence-electron chi connectivity index (χ4n) is 3.47. The molecule has 0 atom stereocenters. The average molecular weight is 383 g/mol. The molecule has 2 aromatic carbocycles. The predicted molar refractivity (Wildman–Crippen MR) is 101 cm³/mol. The van der Waals surface area contributed by atoms with E-state index >= 15 is 0 Å². The third-order valence-corrected chi connectivity index (χ3v) is 5.16. The summed E-state index contributed by atoms with van der Waals surface area (Å²) in [4.78, 5) is 24.1. The molecule has 146 valence electrons. The van der Waals surface area contributed by atoms with E-state index in [-0.39, 0.29) is 5.91 Å². The smallest absolute Gasteiger partial charge is 0.350 e. The number of benzene rings is 2. The van der Waals surface area contributed by atoms with Gasteiger partial charge >= 0.3 is 5.97 Å². The summed E-state index contributed by atoms with van der Waals surface area (Å²) in [5, 5.41) is 2.81. The summed E-state index contributed by atoms with van der Waals surface area (Å²) >= 11 is 0. The van der Waals surface area contributed by atoms with Crippen molar-refractivity contribution >= 4 is 11.9 Å². The van der Waals surface area contributed by atoms with E-state index in [9.17, 15) is 9.59 Å². The maximum absolute atomic E-state index is 12.2. The van der Waals surface area contributed by atoms with Gasteiger partial charge in [0.25, 0.3) is 5.91 Å². The molecule has 0 unspecified atom stereocenters. The number of fused-ring (bicyclic) bond motifs is 1. The predicted octanol–water partition coefficient (Wildman–Crippen LogP) is 2.70. The lowest BCUT2D eigenvalue weighted by atomic mass is 9.99. The molecule has 1 amide bonds. The van der Waals surface area contributed by atoms with Gasteiger partial charge in [0, 0.05) is 30.5 Å². The van der Waals surface area contributed by atoms with Crippen molar-refractivity contribution in [2.45, 2.75) is 25.0 Å². The number of carbonyl (C=O) groups is 2. The maximum atomic E-state index is 12.2. The Kier molecular flexibility index (Phi) is 4.37. The first-order chi connectivity index (χ1) is 13.5. The van der Waals surface area contributed by atoms with E-state index in [0.29, 0.717) is 42.2 Å². The number of hydrogen-bond acceptors (Lipinski definition) is 6. The zero-order chi connectivity index (χ0) is 19.9. The molecule has 2 aliphatic rings. The SMILES string of the molecule is COC(=O)C1(Oc2c(-c3ccc4c(c3)CNC4=O)ccc(OC)c2OC)CC1. The average Bonchev–Trinajstić information content (AvgIpc) is 3.42. The Bertz CT molecular complexity index is 964. The van der Waals surface area contributed by atoms with Crippen molar-refractivity contribution in [1.29, 1.82) is 0 Å². The highest BCUT2D eigenvalue weighted by Crippen LogP contribution is 2.50. The van der Waals surface area contributed by atoms with Gasteiger partial charge in [-0.15, -0.1) is 0 Å². The Balaban J connectivity index is 1.83. The molecule has 28 heavy (non-hydrogen) atoms. The quantitative estimate of drug-likeness (QED) is 0.773. The topological polar surface area (TPSA) is 83.1 Å². The largest absolute Gasteiger partial charge is 0.493 e. The summed E-state index contributed by atoms with van der Waals surface area (Å²) < 4.78 is 22.1. The summed E-state index contributed by atoms with van der Waals surface area (Å²) in [6.45, 7) is 0.484. The van der Waals surface area contributed by atoms with Crippen LogP contribution in [-0.4, -0.2) is 38.8 Å². The van der Waals surface area contributed by atoms with Crippen LogP contribution >= 0.6 is 0 Å². The van der Waals surface area contributed by atoms with Crippen molar-refractivity contribution in [3.63, 3.8) is 0 Å². The molecule has 7 heteroatoms. The molecule has 7 nitrogen and oxygen atoms in total. The van der Waals surface area contributed by atoms with E-state index in [4.69, 9.17) is 18.9 Å². The second-order valence-electron chi connectivity index (χ2n) is 6.82. The fraction of sp³-hybridized carbons (Fsp3) is 0.333. The van der Waals surface area contributed by atoms with Crippen LogP contribution in [0.5, 0.6) is 17.2 Å². The van der Waals surface area contributed by atoms with Gasteiger partial charge < -0.3 is 24.3 Å². The van der Waals surface area contributed by atoms with Gasteiger partial charge in [0.1, 0.15) is 0 Å². The normalized spacial score (nSPS) is 16.0. The molecule has 0 radical (unpaired) electrons. The van der Waals surface area contributed by atoms with E-state index in [1.807, 2.05) is 18.2 Å². The van der Waals surface area contributed by atoms with E-state index < -0.39 is 11.6 Å². The summed E-state index contributed by atoms with van der Waals surface area (Å²) in [5.74, 6) is 0.840. The molecule has 1 aliphatic carbocycles. The Morgan fingerprint density at radius 2 is 1.75 bits per heavy atom. The van der Waals surface area contributed by atoms with Gasteiger partial charge in [0.15, 0.2) is 11.5 Å². The van der Waals surface area contributed by atoms with Crippen LogP contribution in [0.3, 0.4) is 0 Å². The molecule has 1 saturated carbocycles. The fourth-order valence-corrected chi connectivity index (χ4v) is 3.47. The molecule has 4 rings (SSSR count). The van der Waals surface area contributed by atoms with Gasteiger partial charge in [0.2, 0.25) is 11.4 Å². The van der Waals surface area contributed by atoms with Gasteiger partial charge in [-0.1, -0.05) is 6.07 Å². The van der Waals surface area contributed by atoms with Crippen molar-refractivity contribution in [3.05, 3.63) is 41.5 Å². The van der Waals surface area contributed by atoms with Crippen molar-refractivity contribution in [2.24, 2.45) is 0 Å². The minimum absolute atomic E-state index is 0.0760. The van der Waals surface area contributed by atoms with Crippen LogP contribution in [0.2, 0.25) is 0 Å². The van der Waals surface area contributed by atoms with Crippen LogP contribution in [0.25, 0.3) is 11.1 Å². The number of methoxy groups -OCH3 is 3. The minimum atomic E-state index is -1.00. The molecule has 1 fully saturated rings. The van der Waals surface area contributed by atoms with Crippen LogP contribution in [0.4, 0.5) is 0 Å². The highest BCUT2D eigenvalue weighted by Gasteiger charge is 2.55. The van der Waals surface area contributed by atoms with Crippen LogP contribution in [0.15, 0.2) is 30.3 Å². The van der Waals surface area contributed by atoms with Crippen LogP contribution < -0.4 is 19.5 Å². The van der Waals surface area contributed by atoms with Gasteiger partial charge in [-0.3, -0.25) is 4.79 Å². The van der Waals surface area contributed by atoms with Gasteiger partial charge in [-0.05, 0) is 35.4 Å². The number of amides is 1. The van der Waals surface area contributed by atoms with Crippen LogP contribution in [0.1, 0.15) is 28.8 Å². The lowest BCUT2D eigenvalue weighted by Crippen LogP contribution is -2.31. The Hall–Kier alpha value is -3.22. The molecule has 1 heterocycles. The van der Waals surface area contributed by atoms with Crippen molar-refractivity contribution < 1.29 is 28.5 Å². The van der Waals surface area contributed by atoms with Gasteiger partial charge in [-0.2, -0.15) is 0 Å². The van der Waals surface area contributed by atoms with E-state index in [0.717, 1.165) is 16.7 Å². The Morgan fingerprint density at radius 1 is 1.00 bits per heavy atom. The lowest BCUT2D eigenvalue weighted by Gasteiger charge is -2.22. The van der Waals surface area contributed by atoms with Crippen molar-refractivity contribution in [3.8, 4) is 28.4 Å². The molecule has 0 saturated heterocycles. The number of rotatable bonds is 6. The van der Waals surface area contributed by atoms with Gasteiger partial charge in [0.05, 0.1) is 21.3 Å². The zero-order valence-corrected chi connectivity index (χ0v) is 16.0. The maximum Gasteiger partial charge on any atom is 0.350 e. The summed E-state index contributed by atoms with van der Waals surface area (Å²) in [7, 11) is 4.42. The lowest BCUT2D eigenvalue weighted by molar-refractivity contribution is -0.151. The zero-order valence-electron chi connectivity index (χ0n) is 16.0. The molecule has 1 aliphatic heterocycles. The summed E-state index contributed by atoms with van der Waals surface area (Å²) in [5.41, 5.74) is 2.18. The standard InChI is InChI=1S/C21H21NO6/c1-25-16-7-6-14(12-4-5-15-13(10-12)11-22-19(15)23)17(18(16)26-2)28-21(8-9-21)20(24)27-3/h4-7,10H,8-9,11H2,1-3H3,(H,22,23). The number of hydrogen-bond donors (Lipinski definition) is 1. The number of ether oxygens (including phenoxy) is 4. The minimum Gasteiger partial charge on any atom is -0.493 e. The first kappa shape index (κ1) is 18.2. The monoisotopic (exact) mass is 383 g/mol. The molecule has 1 N–H and O–H groups in total. The van der Waals surface area contributed by atoms with E-state index in [1.165, 1.54) is 14.2 Å². The molecular formula is C21H21NO6. The number of nitrogens with one attached hydrogen (secondary N) is 1. The van der Waals surface area contributed by atoms with Gasteiger partial charge in [-0.25, -0.2) is 4.79 Å². The summed E-state index contributed by atoms with van der Waals surface area (Å²) in [6, 6.07) is 9.24. The first-order valence-electron chi connectivity index (χ1n) is 8.97. The van der Waals surface area contributed by atoms with Crippen LogP contribution in [-0.2, 0) is 16.1 Å². The first-order valence-corrected chi connectivity index (χ1v) is 8.97. The number of carbonyl (C=O) groups excluding carboxylic acids is 2. The molecular weight excluding hydrogens is 362 g/mol. The van der Waals surface area contributed by atoms with E-state index in [1.54, 1.807) is 19.2 Å². The highest BCUT2D eigenvalue weighted by atomic mass is 16.6. The second-order valence-corrected chi connectivity index (χ2v) is 6.82. The molecule has 0 aromatic heterocycles. The molecule has 0 bridgehead atoms. The second kappa shape index (κ2) is 6.74. The Labute approximate surface area is 162 Å². The third-order valence-electron chi connectivity index (χ3n) is 5.16. The van der Waals surface area contributed by atoms with Crippen molar-refractivity contribution in [1.82, 2.24) is 5.32 Å². The van der Waals surface area contributed by atoms with Crippen LogP contribution in [0, 0.1) is 0 Å². The highest BCUT2D eigenvalue weighted by molar-refractivity contribution is 5.99. The van der Waals surface area contributed by atoms with E-state index in [2.05, 4.69) is 5.32 Å². The molecule has 0 spiro atoms. The summed E-state index contributed by atoms with van der Waals surface area (Å²) in [6.07, 6.45) is 1.14.